The maximum atomic E-state index is 6.41. The minimum Gasteiger partial charge on any atom is -0.373 e. The number of fused-ring (bicyclic) bond motifs is 1. The molecule has 3 nitrogen and oxygen atoms in total. The molecule has 3 rings (SSSR count). The molecule has 0 saturated heterocycles. The molecule has 110 valence electrons. The number of hydrogen-bond donors (Lipinski definition) is 1. The minimum absolute atomic E-state index is 0.0470. The number of rotatable bonds is 3. The maximum Gasteiger partial charge on any atom is 0.0845 e. The van der Waals surface area contributed by atoms with E-state index >= 15 is 0 Å². The quantitative estimate of drug-likeness (QED) is 0.938. The summed E-state index contributed by atoms with van der Waals surface area (Å²) in [5.41, 5.74) is 12.3. The molecular weight excluding hydrogens is 260 g/mol. The van der Waals surface area contributed by atoms with Crippen molar-refractivity contribution >= 4 is 0 Å². The SMILES string of the molecule is Cc1ccc(C(N)CC2OCCc3ccccc32)c(C)n1. The summed E-state index contributed by atoms with van der Waals surface area (Å²) < 4.78 is 5.96. The normalized spacial score (nSPS) is 19.1. The zero-order valence-corrected chi connectivity index (χ0v) is 12.7. The van der Waals surface area contributed by atoms with E-state index in [1.165, 1.54) is 11.1 Å². The van der Waals surface area contributed by atoms with E-state index in [1.807, 2.05) is 19.9 Å². The topological polar surface area (TPSA) is 48.1 Å². The van der Waals surface area contributed by atoms with E-state index in [2.05, 4.69) is 35.3 Å². The Morgan fingerprint density at radius 2 is 2.05 bits per heavy atom. The number of nitrogens with two attached hydrogens (primary N) is 1. The summed E-state index contributed by atoms with van der Waals surface area (Å²) in [6.07, 6.45) is 1.88. The Kier molecular flexibility index (Phi) is 4.04. The van der Waals surface area contributed by atoms with Crippen LogP contribution >= 0.6 is 0 Å². The van der Waals surface area contributed by atoms with E-state index in [9.17, 15) is 0 Å². The fourth-order valence-corrected chi connectivity index (χ4v) is 3.12. The zero-order chi connectivity index (χ0) is 14.8. The molecule has 2 unspecified atom stereocenters. The molecule has 0 bridgehead atoms. The summed E-state index contributed by atoms with van der Waals surface area (Å²) in [6.45, 7) is 4.81. The molecule has 0 saturated carbocycles. The first-order valence-corrected chi connectivity index (χ1v) is 7.54. The van der Waals surface area contributed by atoms with Gasteiger partial charge in [-0.3, -0.25) is 4.98 Å². The van der Waals surface area contributed by atoms with Crippen LogP contribution in [0.2, 0.25) is 0 Å². The summed E-state index contributed by atoms with van der Waals surface area (Å²) in [6, 6.07) is 12.6. The molecule has 3 heteroatoms. The van der Waals surface area contributed by atoms with Gasteiger partial charge in [0.05, 0.1) is 12.7 Å². The van der Waals surface area contributed by atoms with Crippen LogP contribution in [0.4, 0.5) is 0 Å². The molecule has 0 fully saturated rings. The predicted octanol–water partition coefficient (Wildman–Crippen LogP) is 3.40. The first-order chi connectivity index (χ1) is 10.1. The monoisotopic (exact) mass is 282 g/mol. The van der Waals surface area contributed by atoms with Crippen molar-refractivity contribution in [2.45, 2.75) is 38.8 Å². The van der Waals surface area contributed by atoms with Gasteiger partial charge in [0, 0.05) is 17.4 Å². The molecule has 0 amide bonds. The molecule has 2 atom stereocenters. The minimum atomic E-state index is -0.0470. The average Bonchev–Trinajstić information content (AvgIpc) is 2.47. The number of pyridine rings is 1. The van der Waals surface area contributed by atoms with E-state index in [4.69, 9.17) is 10.5 Å². The Labute approximate surface area is 126 Å². The number of aryl methyl sites for hydroxylation is 2. The van der Waals surface area contributed by atoms with Crippen molar-refractivity contribution in [3.8, 4) is 0 Å². The summed E-state index contributed by atoms with van der Waals surface area (Å²) in [4.78, 5) is 4.51. The fourth-order valence-electron chi connectivity index (χ4n) is 3.12. The number of ether oxygens (including phenoxy) is 1. The average molecular weight is 282 g/mol. The molecular formula is C18H22N2O. The van der Waals surface area contributed by atoms with E-state index in [-0.39, 0.29) is 12.1 Å². The van der Waals surface area contributed by atoms with Gasteiger partial charge in [-0.1, -0.05) is 30.3 Å². The highest BCUT2D eigenvalue weighted by atomic mass is 16.5. The van der Waals surface area contributed by atoms with E-state index in [0.29, 0.717) is 0 Å². The lowest BCUT2D eigenvalue weighted by atomic mass is 9.91. The largest absolute Gasteiger partial charge is 0.373 e. The molecule has 2 N–H and O–H groups in total. The lowest BCUT2D eigenvalue weighted by Gasteiger charge is -2.28. The lowest BCUT2D eigenvalue weighted by molar-refractivity contribution is 0.0319. The summed E-state index contributed by atoms with van der Waals surface area (Å²) in [7, 11) is 0. The lowest BCUT2D eigenvalue weighted by Crippen LogP contribution is -2.22. The van der Waals surface area contributed by atoms with Crippen LogP contribution in [0.15, 0.2) is 36.4 Å². The van der Waals surface area contributed by atoms with E-state index in [0.717, 1.165) is 36.4 Å². The van der Waals surface area contributed by atoms with Gasteiger partial charge in [0.2, 0.25) is 0 Å². The van der Waals surface area contributed by atoms with Gasteiger partial charge in [-0.05, 0) is 49.4 Å². The highest BCUT2D eigenvalue weighted by Gasteiger charge is 2.24. The maximum absolute atomic E-state index is 6.41. The molecule has 2 aromatic rings. The van der Waals surface area contributed by atoms with Gasteiger partial charge in [0.1, 0.15) is 0 Å². The smallest absolute Gasteiger partial charge is 0.0845 e. The third-order valence-corrected chi connectivity index (χ3v) is 4.23. The molecule has 0 radical (unpaired) electrons. The second-order valence-corrected chi connectivity index (χ2v) is 5.78. The number of nitrogens with zero attached hydrogens (tertiary/aromatic N) is 1. The van der Waals surface area contributed by atoms with Crippen LogP contribution in [0.1, 0.15) is 46.6 Å². The second kappa shape index (κ2) is 5.96. The van der Waals surface area contributed by atoms with Gasteiger partial charge >= 0.3 is 0 Å². The van der Waals surface area contributed by atoms with Crippen molar-refractivity contribution in [2.24, 2.45) is 5.73 Å². The highest BCUT2D eigenvalue weighted by molar-refractivity contribution is 5.32. The number of hydrogen-bond acceptors (Lipinski definition) is 3. The zero-order valence-electron chi connectivity index (χ0n) is 12.7. The van der Waals surface area contributed by atoms with Crippen LogP contribution in [0.25, 0.3) is 0 Å². The Balaban J connectivity index is 1.81. The Bertz CT molecular complexity index is 639. The van der Waals surface area contributed by atoms with Gasteiger partial charge < -0.3 is 10.5 Å². The van der Waals surface area contributed by atoms with Crippen molar-refractivity contribution in [3.05, 3.63) is 64.5 Å². The van der Waals surface area contributed by atoms with Gasteiger partial charge in [-0.15, -0.1) is 0 Å². The molecule has 2 heterocycles. The van der Waals surface area contributed by atoms with Gasteiger partial charge in [-0.2, -0.15) is 0 Å². The standard InChI is InChI=1S/C18H22N2O/c1-12-7-8-15(13(2)20-12)17(19)11-18-16-6-4-3-5-14(16)9-10-21-18/h3-8,17-18H,9-11,19H2,1-2H3. The summed E-state index contributed by atoms with van der Waals surface area (Å²) in [5.74, 6) is 0. The van der Waals surface area contributed by atoms with Crippen molar-refractivity contribution < 1.29 is 4.74 Å². The van der Waals surface area contributed by atoms with Crippen molar-refractivity contribution in [2.75, 3.05) is 6.61 Å². The van der Waals surface area contributed by atoms with Crippen molar-refractivity contribution in [1.82, 2.24) is 4.98 Å². The summed E-state index contributed by atoms with van der Waals surface area (Å²) >= 11 is 0. The van der Waals surface area contributed by atoms with Crippen molar-refractivity contribution in [3.63, 3.8) is 0 Å². The van der Waals surface area contributed by atoms with Crippen molar-refractivity contribution in [1.29, 1.82) is 0 Å². The fraction of sp³-hybridized carbons (Fsp3) is 0.389. The predicted molar refractivity (Wildman–Crippen MR) is 84.1 cm³/mol. The first-order valence-electron chi connectivity index (χ1n) is 7.54. The molecule has 21 heavy (non-hydrogen) atoms. The van der Waals surface area contributed by atoms with Crippen LogP contribution in [0, 0.1) is 13.8 Å². The molecule has 0 aliphatic carbocycles. The first kappa shape index (κ1) is 14.2. The Hall–Kier alpha value is -1.71. The van der Waals surface area contributed by atoms with Crippen LogP contribution in [0.5, 0.6) is 0 Å². The molecule has 1 aromatic carbocycles. The van der Waals surface area contributed by atoms with Crippen LogP contribution in [-0.4, -0.2) is 11.6 Å². The van der Waals surface area contributed by atoms with Crippen LogP contribution in [-0.2, 0) is 11.2 Å². The highest BCUT2D eigenvalue weighted by Crippen LogP contribution is 2.33. The van der Waals surface area contributed by atoms with Gasteiger partial charge in [0.25, 0.3) is 0 Å². The molecule has 0 spiro atoms. The van der Waals surface area contributed by atoms with Gasteiger partial charge in [0.15, 0.2) is 0 Å². The Morgan fingerprint density at radius 3 is 2.86 bits per heavy atom. The van der Waals surface area contributed by atoms with Crippen LogP contribution < -0.4 is 5.73 Å². The third-order valence-electron chi connectivity index (χ3n) is 4.23. The van der Waals surface area contributed by atoms with Gasteiger partial charge in [-0.25, -0.2) is 0 Å². The third kappa shape index (κ3) is 2.99. The van der Waals surface area contributed by atoms with E-state index in [1.54, 1.807) is 0 Å². The number of aromatic nitrogens is 1. The second-order valence-electron chi connectivity index (χ2n) is 5.78. The molecule has 1 aliphatic heterocycles. The number of benzene rings is 1. The van der Waals surface area contributed by atoms with E-state index < -0.39 is 0 Å². The Morgan fingerprint density at radius 1 is 1.24 bits per heavy atom. The summed E-state index contributed by atoms with van der Waals surface area (Å²) in [5, 5.41) is 0. The molecule has 1 aromatic heterocycles. The van der Waals surface area contributed by atoms with Crippen LogP contribution in [0.3, 0.4) is 0 Å². The molecule has 1 aliphatic rings.